The SMILES string of the molecule is Cn1nc(C(F)(F)F)cc1C1(C(=O)O)CC1(F)F. The molecule has 0 aromatic carbocycles. The van der Waals surface area contributed by atoms with E-state index < -0.39 is 41.3 Å². The molecule has 100 valence electrons. The van der Waals surface area contributed by atoms with E-state index in [9.17, 15) is 26.7 Å². The Kier molecular flexibility index (Phi) is 2.28. The van der Waals surface area contributed by atoms with Crippen LogP contribution in [-0.2, 0) is 23.4 Å². The lowest BCUT2D eigenvalue weighted by Crippen LogP contribution is -2.29. The van der Waals surface area contributed by atoms with Gasteiger partial charge in [-0.05, 0) is 6.07 Å². The van der Waals surface area contributed by atoms with Gasteiger partial charge in [-0.15, -0.1) is 0 Å². The number of carboxylic acid groups (broad SMARTS) is 1. The fourth-order valence-corrected chi connectivity index (χ4v) is 1.91. The zero-order valence-electron chi connectivity index (χ0n) is 8.92. The molecular weight excluding hydrogens is 263 g/mol. The van der Waals surface area contributed by atoms with E-state index in [2.05, 4.69) is 5.10 Å². The lowest BCUT2D eigenvalue weighted by Gasteiger charge is -2.10. The summed E-state index contributed by atoms with van der Waals surface area (Å²) in [5.74, 6) is -5.42. The number of carbonyl (C=O) groups is 1. The molecule has 1 aliphatic rings. The Morgan fingerprint density at radius 3 is 2.28 bits per heavy atom. The molecule has 2 rings (SSSR count). The zero-order valence-corrected chi connectivity index (χ0v) is 8.92. The third kappa shape index (κ3) is 1.49. The molecule has 1 aromatic rings. The molecule has 1 aliphatic carbocycles. The van der Waals surface area contributed by atoms with Crippen molar-refractivity contribution in [1.82, 2.24) is 9.78 Å². The number of nitrogens with zero attached hydrogens (tertiary/aromatic N) is 2. The molecule has 1 atom stereocenters. The van der Waals surface area contributed by atoms with Gasteiger partial charge in [-0.2, -0.15) is 18.3 Å². The summed E-state index contributed by atoms with van der Waals surface area (Å²) in [7, 11) is 1.00. The predicted molar refractivity (Wildman–Crippen MR) is 47.1 cm³/mol. The van der Waals surface area contributed by atoms with Crippen LogP contribution < -0.4 is 0 Å². The molecule has 0 aliphatic heterocycles. The van der Waals surface area contributed by atoms with Crippen LogP contribution in [-0.4, -0.2) is 26.8 Å². The van der Waals surface area contributed by atoms with Gasteiger partial charge in [-0.1, -0.05) is 0 Å². The zero-order chi connectivity index (χ0) is 13.9. The maximum absolute atomic E-state index is 13.2. The first kappa shape index (κ1) is 12.8. The first-order valence-corrected chi connectivity index (χ1v) is 4.75. The topological polar surface area (TPSA) is 55.1 Å². The van der Waals surface area contributed by atoms with E-state index >= 15 is 0 Å². The molecule has 1 unspecified atom stereocenters. The minimum Gasteiger partial charge on any atom is -0.480 e. The van der Waals surface area contributed by atoms with Gasteiger partial charge < -0.3 is 5.11 Å². The normalized spacial score (nSPS) is 26.1. The van der Waals surface area contributed by atoms with Crippen molar-refractivity contribution < 1.29 is 31.9 Å². The van der Waals surface area contributed by atoms with Crippen LogP contribution in [0.1, 0.15) is 17.8 Å². The van der Waals surface area contributed by atoms with E-state index in [0.29, 0.717) is 10.7 Å². The maximum Gasteiger partial charge on any atom is 0.435 e. The van der Waals surface area contributed by atoms with Gasteiger partial charge in [0.15, 0.2) is 11.1 Å². The Bertz CT molecular complexity index is 522. The van der Waals surface area contributed by atoms with Gasteiger partial charge in [0.2, 0.25) is 0 Å². The van der Waals surface area contributed by atoms with E-state index in [1.807, 2.05) is 0 Å². The highest BCUT2D eigenvalue weighted by atomic mass is 19.4. The van der Waals surface area contributed by atoms with Crippen molar-refractivity contribution in [2.45, 2.75) is 23.9 Å². The summed E-state index contributed by atoms with van der Waals surface area (Å²) in [6.07, 6.45) is -5.83. The van der Waals surface area contributed by atoms with Crippen LogP contribution in [0.4, 0.5) is 22.0 Å². The largest absolute Gasteiger partial charge is 0.480 e. The van der Waals surface area contributed by atoms with Gasteiger partial charge >= 0.3 is 12.1 Å². The Balaban J connectivity index is 2.53. The van der Waals surface area contributed by atoms with Crippen LogP contribution in [0, 0.1) is 0 Å². The second kappa shape index (κ2) is 3.21. The summed E-state index contributed by atoms with van der Waals surface area (Å²) >= 11 is 0. The highest BCUT2D eigenvalue weighted by Crippen LogP contribution is 2.61. The molecule has 0 saturated heterocycles. The lowest BCUT2D eigenvalue weighted by atomic mass is 10.0. The van der Waals surface area contributed by atoms with Crippen molar-refractivity contribution in [3.05, 3.63) is 17.5 Å². The highest BCUT2D eigenvalue weighted by Gasteiger charge is 2.78. The van der Waals surface area contributed by atoms with Crippen LogP contribution in [0.25, 0.3) is 0 Å². The van der Waals surface area contributed by atoms with Crippen molar-refractivity contribution in [2.24, 2.45) is 7.05 Å². The molecular formula is C9H7F5N2O2. The Labute approximate surface area is 97.0 Å². The molecule has 1 aromatic heterocycles. The first-order chi connectivity index (χ1) is 8.02. The molecule has 0 bridgehead atoms. The van der Waals surface area contributed by atoms with Gasteiger partial charge in [0, 0.05) is 13.5 Å². The predicted octanol–water partition coefficient (Wildman–Crippen LogP) is 1.80. The Morgan fingerprint density at radius 2 is 2.00 bits per heavy atom. The smallest absolute Gasteiger partial charge is 0.435 e. The van der Waals surface area contributed by atoms with Gasteiger partial charge in [0.25, 0.3) is 5.92 Å². The third-order valence-electron chi connectivity index (χ3n) is 2.96. The van der Waals surface area contributed by atoms with Gasteiger partial charge in [0.1, 0.15) is 0 Å². The highest BCUT2D eigenvalue weighted by molar-refractivity contribution is 5.87. The number of halogens is 5. The standard InChI is InChI=1S/C9H7F5N2O2/c1-16-5(2-4(15-16)9(12,13)14)7(6(17)18)3-8(7,10)11/h2H,3H2,1H3,(H,17,18). The van der Waals surface area contributed by atoms with E-state index in [0.717, 1.165) is 7.05 Å². The van der Waals surface area contributed by atoms with Gasteiger partial charge in [0.05, 0.1) is 5.69 Å². The summed E-state index contributed by atoms with van der Waals surface area (Å²) in [6, 6.07) is 0.356. The molecule has 0 radical (unpaired) electrons. The van der Waals surface area contributed by atoms with Crippen molar-refractivity contribution in [3.63, 3.8) is 0 Å². The Morgan fingerprint density at radius 1 is 1.50 bits per heavy atom. The van der Waals surface area contributed by atoms with Crippen LogP contribution in [0.2, 0.25) is 0 Å². The van der Waals surface area contributed by atoms with Crippen molar-refractivity contribution in [2.75, 3.05) is 0 Å². The van der Waals surface area contributed by atoms with E-state index in [-0.39, 0.29) is 0 Å². The molecule has 4 nitrogen and oxygen atoms in total. The van der Waals surface area contributed by atoms with Crippen LogP contribution in [0.5, 0.6) is 0 Å². The number of aromatic nitrogens is 2. The number of alkyl halides is 5. The fraction of sp³-hybridized carbons (Fsp3) is 0.556. The second-order valence-electron chi connectivity index (χ2n) is 4.13. The van der Waals surface area contributed by atoms with E-state index in [1.165, 1.54) is 0 Å². The summed E-state index contributed by atoms with van der Waals surface area (Å²) in [5.41, 5.74) is -4.63. The minimum absolute atomic E-state index is 0.356. The summed E-state index contributed by atoms with van der Waals surface area (Å²) in [4.78, 5) is 10.9. The van der Waals surface area contributed by atoms with Crippen molar-refractivity contribution in [1.29, 1.82) is 0 Å². The maximum atomic E-state index is 13.2. The van der Waals surface area contributed by atoms with Gasteiger partial charge in [-0.25, -0.2) is 8.78 Å². The number of aliphatic carboxylic acids is 1. The van der Waals surface area contributed by atoms with Crippen LogP contribution >= 0.6 is 0 Å². The molecule has 18 heavy (non-hydrogen) atoms. The van der Waals surface area contributed by atoms with Crippen LogP contribution in [0.3, 0.4) is 0 Å². The summed E-state index contributed by atoms with van der Waals surface area (Å²) in [5, 5.41) is 11.9. The van der Waals surface area contributed by atoms with E-state index in [1.54, 1.807) is 0 Å². The number of rotatable bonds is 2. The quantitative estimate of drug-likeness (QED) is 0.834. The third-order valence-corrected chi connectivity index (χ3v) is 2.96. The van der Waals surface area contributed by atoms with E-state index in [4.69, 9.17) is 5.11 Å². The van der Waals surface area contributed by atoms with Crippen molar-refractivity contribution in [3.8, 4) is 0 Å². The number of hydrogen-bond donors (Lipinski definition) is 1. The van der Waals surface area contributed by atoms with Crippen LogP contribution in [0.15, 0.2) is 6.07 Å². The van der Waals surface area contributed by atoms with Crippen molar-refractivity contribution >= 4 is 5.97 Å². The molecule has 1 fully saturated rings. The molecule has 9 heteroatoms. The molecule has 0 spiro atoms. The first-order valence-electron chi connectivity index (χ1n) is 4.75. The second-order valence-corrected chi connectivity index (χ2v) is 4.13. The molecule has 0 amide bonds. The summed E-state index contributed by atoms with van der Waals surface area (Å²) < 4.78 is 64.0. The monoisotopic (exact) mass is 270 g/mol. The molecule has 1 heterocycles. The Hall–Kier alpha value is -1.67. The number of aryl methyl sites for hydroxylation is 1. The number of carboxylic acids is 1. The molecule has 1 N–H and O–H groups in total. The van der Waals surface area contributed by atoms with Gasteiger partial charge in [-0.3, -0.25) is 9.48 Å². The number of hydrogen-bond acceptors (Lipinski definition) is 2. The minimum atomic E-state index is -4.81. The average molecular weight is 270 g/mol. The average Bonchev–Trinajstić information content (AvgIpc) is 2.56. The lowest BCUT2D eigenvalue weighted by molar-refractivity contribution is -0.143. The fourth-order valence-electron chi connectivity index (χ4n) is 1.91. The summed E-state index contributed by atoms with van der Waals surface area (Å²) in [6.45, 7) is 0. The molecule has 1 saturated carbocycles.